The second-order valence-corrected chi connectivity index (χ2v) is 4.11. The van der Waals surface area contributed by atoms with Gasteiger partial charge in [0.25, 0.3) is 0 Å². The lowest BCUT2D eigenvalue weighted by Crippen LogP contribution is -1.90. The van der Waals surface area contributed by atoms with Crippen molar-refractivity contribution in [2.24, 2.45) is 0 Å². The SMILES string of the molecule is Cc1nc2c(Br)cc(C(C)O)cc2o1. The topological polar surface area (TPSA) is 46.3 Å². The molecular weight excluding hydrogens is 246 g/mol. The summed E-state index contributed by atoms with van der Waals surface area (Å²) in [4.78, 5) is 4.22. The fraction of sp³-hybridized carbons (Fsp3) is 0.300. The van der Waals surface area contributed by atoms with Gasteiger partial charge in [-0.3, -0.25) is 0 Å². The monoisotopic (exact) mass is 255 g/mol. The molecule has 0 saturated heterocycles. The van der Waals surface area contributed by atoms with Crippen LogP contribution in [-0.4, -0.2) is 10.1 Å². The van der Waals surface area contributed by atoms with Crippen molar-refractivity contribution in [3.63, 3.8) is 0 Å². The van der Waals surface area contributed by atoms with Crippen molar-refractivity contribution < 1.29 is 9.52 Å². The van der Waals surface area contributed by atoms with Crippen LogP contribution in [0.25, 0.3) is 11.1 Å². The zero-order valence-corrected chi connectivity index (χ0v) is 9.50. The molecule has 0 saturated carbocycles. The van der Waals surface area contributed by atoms with Crippen molar-refractivity contribution in [3.05, 3.63) is 28.1 Å². The number of fused-ring (bicyclic) bond motifs is 1. The predicted molar refractivity (Wildman–Crippen MR) is 57.1 cm³/mol. The lowest BCUT2D eigenvalue weighted by atomic mass is 10.1. The number of hydrogen-bond donors (Lipinski definition) is 1. The minimum Gasteiger partial charge on any atom is -0.441 e. The van der Waals surface area contributed by atoms with E-state index in [1.165, 1.54) is 0 Å². The molecule has 1 aromatic heterocycles. The Hall–Kier alpha value is -0.870. The molecule has 2 aromatic rings. The van der Waals surface area contributed by atoms with E-state index in [1.54, 1.807) is 13.8 Å². The zero-order chi connectivity index (χ0) is 10.3. The molecule has 4 heteroatoms. The molecule has 1 N–H and O–H groups in total. The van der Waals surface area contributed by atoms with E-state index in [1.807, 2.05) is 12.1 Å². The summed E-state index contributed by atoms with van der Waals surface area (Å²) in [5.74, 6) is 0.628. The Kier molecular flexibility index (Phi) is 2.33. The van der Waals surface area contributed by atoms with Crippen LogP contribution in [0.2, 0.25) is 0 Å². The van der Waals surface area contributed by atoms with E-state index in [9.17, 15) is 5.11 Å². The summed E-state index contributed by atoms with van der Waals surface area (Å²) < 4.78 is 6.24. The largest absolute Gasteiger partial charge is 0.441 e. The summed E-state index contributed by atoms with van der Waals surface area (Å²) in [6.45, 7) is 3.52. The molecule has 0 aliphatic heterocycles. The van der Waals surface area contributed by atoms with Crippen LogP contribution in [0.4, 0.5) is 0 Å². The van der Waals surface area contributed by atoms with Crippen molar-refractivity contribution >= 4 is 27.0 Å². The van der Waals surface area contributed by atoms with Crippen LogP contribution < -0.4 is 0 Å². The van der Waals surface area contributed by atoms with Crippen LogP contribution in [0, 0.1) is 6.92 Å². The first-order valence-electron chi connectivity index (χ1n) is 4.32. The summed E-state index contributed by atoms with van der Waals surface area (Å²) in [5.41, 5.74) is 2.32. The van der Waals surface area contributed by atoms with Crippen LogP contribution in [0.5, 0.6) is 0 Å². The molecule has 3 nitrogen and oxygen atoms in total. The summed E-state index contributed by atoms with van der Waals surface area (Å²) in [7, 11) is 0. The third-order valence-electron chi connectivity index (χ3n) is 2.06. The standard InChI is InChI=1S/C10H10BrNO2/c1-5(13)7-3-8(11)10-9(4-7)14-6(2)12-10/h3-5,13H,1-2H3. The fourth-order valence-corrected chi connectivity index (χ4v) is 1.91. The number of aryl methyl sites for hydroxylation is 1. The number of oxazole rings is 1. The van der Waals surface area contributed by atoms with E-state index in [4.69, 9.17) is 4.42 Å². The van der Waals surface area contributed by atoms with Crippen molar-refractivity contribution in [1.82, 2.24) is 4.98 Å². The van der Waals surface area contributed by atoms with Crippen LogP contribution in [0.3, 0.4) is 0 Å². The summed E-state index contributed by atoms with van der Waals surface area (Å²) >= 11 is 3.40. The van der Waals surface area contributed by atoms with Crippen molar-refractivity contribution in [3.8, 4) is 0 Å². The van der Waals surface area contributed by atoms with E-state index < -0.39 is 6.10 Å². The molecule has 1 aromatic carbocycles. The number of hydrogen-bond acceptors (Lipinski definition) is 3. The molecule has 0 amide bonds. The maximum atomic E-state index is 9.43. The molecule has 0 fully saturated rings. The number of aromatic nitrogens is 1. The molecule has 14 heavy (non-hydrogen) atoms. The third kappa shape index (κ3) is 1.55. The maximum Gasteiger partial charge on any atom is 0.192 e. The predicted octanol–water partition coefficient (Wildman–Crippen LogP) is 2.95. The Morgan fingerprint density at radius 2 is 2.21 bits per heavy atom. The average Bonchev–Trinajstić information content (AvgIpc) is 2.45. The highest BCUT2D eigenvalue weighted by Gasteiger charge is 2.10. The minimum absolute atomic E-state index is 0.499. The molecule has 0 radical (unpaired) electrons. The van der Waals surface area contributed by atoms with Gasteiger partial charge in [-0.25, -0.2) is 4.98 Å². The van der Waals surface area contributed by atoms with Gasteiger partial charge in [0, 0.05) is 11.4 Å². The van der Waals surface area contributed by atoms with Gasteiger partial charge in [-0.05, 0) is 40.5 Å². The third-order valence-corrected chi connectivity index (χ3v) is 2.66. The molecule has 1 unspecified atom stereocenters. The first-order valence-corrected chi connectivity index (χ1v) is 5.12. The van der Waals surface area contributed by atoms with Crippen molar-refractivity contribution in [2.45, 2.75) is 20.0 Å². The number of rotatable bonds is 1. The molecule has 0 aliphatic rings. The van der Waals surface area contributed by atoms with E-state index in [-0.39, 0.29) is 0 Å². The number of halogens is 1. The normalized spacial score (nSPS) is 13.4. The fourth-order valence-electron chi connectivity index (χ4n) is 1.36. The van der Waals surface area contributed by atoms with Gasteiger partial charge in [0.1, 0.15) is 5.52 Å². The Labute approximate surface area is 89.9 Å². The van der Waals surface area contributed by atoms with Crippen molar-refractivity contribution in [2.75, 3.05) is 0 Å². The van der Waals surface area contributed by atoms with Gasteiger partial charge in [-0.2, -0.15) is 0 Å². The van der Waals surface area contributed by atoms with Crippen molar-refractivity contribution in [1.29, 1.82) is 0 Å². The van der Waals surface area contributed by atoms with Crippen LogP contribution in [0.1, 0.15) is 24.5 Å². The maximum absolute atomic E-state index is 9.43. The van der Waals surface area contributed by atoms with Gasteiger partial charge >= 0.3 is 0 Å². The molecule has 0 spiro atoms. The second-order valence-electron chi connectivity index (χ2n) is 3.26. The number of benzene rings is 1. The summed E-state index contributed by atoms with van der Waals surface area (Å²) in [6, 6.07) is 3.67. The second kappa shape index (κ2) is 3.37. The lowest BCUT2D eigenvalue weighted by Gasteiger charge is -2.04. The van der Waals surface area contributed by atoms with E-state index in [0.29, 0.717) is 11.5 Å². The Morgan fingerprint density at radius 3 is 2.86 bits per heavy atom. The van der Waals surface area contributed by atoms with E-state index in [2.05, 4.69) is 20.9 Å². The Bertz CT molecular complexity index is 476. The number of aliphatic hydroxyl groups excluding tert-OH is 1. The lowest BCUT2D eigenvalue weighted by molar-refractivity contribution is 0.199. The van der Waals surface area contributed by atoms with Gasteiger partial charge in [-0.15, -0.1) is 0 Å². The Balaban J connectivity index is 2.71. The number of aliphatic hydroxyl groups is 1. The highest BCUT2D eigenvalue weighted by Crippen LogP contribution is 2.28. The van der Waals surface area contributed by atoms with E-state index in [0.717, 1.165) is 15.6 Å². The molecule has 2 rings (SSSR count). The van der Waals surface area contributed by atoms with Gasteiger partial charge in [0.2, 0.25) is 0 Å². The van der Waals surface area contributed by atoms with Gasteiger partial charge in [-0.1, -0.05) is 0 Å². The molecule has 1 heterocycles. The molecule has 0 aliphatic carbocycles. The first kappa shape index (κ1) is 9.68. The molecular formula is C10H10BrNO2. The first-order chi connectivity index (χ1) is 6.58. The van der Waals surface area contributed by atoms with Crippen LogP contribution >= 0.6 is 15.9 Å². The highest BCUT2D eigenvalue weighted by atomic mass is 79.9. The quantitative estimate of drug-likeness (QED) is 0.853. The van der Waals surface area contributed by atoms with E-state index >= 15 is 0 Å². The van der Waals surface area contributed by atoms with Gasteiger partial charge in [0.05, 0.1) is 6.10 Å². The van der Waals surface area contributed by atoms with Gasteiger partial charge < -0.3 is 9.52 Å². The Morgan fingerprint density at radius 1 is 1.50 bits per heavy atom. The molecule has 74 valence electrons. The average molecular weight is 256 g/mol. The van der Waals surface area contributed by atoms with Crippen LogP contribution in [-0.2, 0) is 0 Å². The smallest absolute Gasteiger partial charge is 0.192 e. The molecule has 0 bridgehead atoms. The minimum atomic E-state index is -0.499. The zero-order valence-electron chi connectivity index (χ0n) is 7.91. The van der Waals surface area contributed by atoms with Crippen LogP contribution in [0.15, 0.2) is 21.0 Å². The number of nitrogens with zero attached hydrogens (tertiary/aromatic N) is 1. The van der Waals surface area contributed by atoms with Gasteiger partial charge in [0.15, 0.2) is 11.5 Å². The summed E-state index contributed by atoms with van der Waals surface area (Å²) in [5, 5.41) is 9.43. The molecule has 1 atom stereocenters. The highest BCUT2D eigenvalue weighted by molar-refractivity contribution is 9.10. The summed E-state index contributed by atoms with van der Waals surface area (Å²) in [6.07, 6.45) is -0.499.